The number of rotatable bonds is 4. The van der Waals surface area contributed by atoms with Gasteiger partial charge in [-0.1, -0.05) is 12.1 Å². The van der Waals surface area contributed by atoms with E-state index in [1.165, 1.54) is 12.1 Å². The van der Waals surface area contributed by atoms with Gasteiger partial charge in [-0.2, -0.15) is 16.8 Å². The van der Waals surface area contributed by atoms with Crippen molar-refractivity contribution in [3.63, 3.8) is 0 Å². The summed E-state index contributed by atoms with van der Waals surface area (Å²) < 4.78 is 50.8. The van der Waals surface area contributed by atoms with Gasteiger partial charge in [0.2, 0.25) is 0 Å². The topological polar surface area (TPSA) is 127 Å². The van der Waals surface area contributed by atoms with Gasteiger partial charge in [-0.3, -0.25) is 0 Å². The molecule has 0 spiro atoms. The van der Waals surface area contributed by atoms with Gasteiger partial charge in [-0.15, -0.1) is 8.67 Å². The number of hydrogen-bond acceptors (Lipinski definition) is 8. The fourth-order valence-electron chi connectivity index (χ4n) is 0.944. The second-order valence-electron chi connectivity index (χ2n) is 2.50. The molecule has 8 nitrogen and oxygen atoms in total. The Labute approximate surface area is 148 Å². The first-order valence-electron chi connectivity index (χ1n) is 3.60. The Hall–Kier alpha value is 0.960. The molecule has 18 heavy (non-hydrogen) atoms. The Kier molecular flexibility index (Phi) is 9.79. The quantitative estimate of drug-likeness (QED) is 0.423. The third-order valence-electron chi connectivity index (χ3n) is 1.58. The summed E-state index contributed by atoms with van der Waals surface area (Å²) in [6.45, 7) is 0. The van der Waals surface area contributed by atoms with Gasteiger partial charge >= 0.3 is 20.2 Å². The van der Waals surface area contributed by atoms with Gasteiger partial charge in [0.25, 0.3) is 0 Å². The molecule has 0 saturated carbocycles. The molecular formula is C6H6Na2O8S2. The van der Waals surface area contributed by atoms with Crippen LogP contribution in [0.4, 0.5) is 0 Å². The van der Waals surface area contributed by atoms with Crippen molar-refractivity contribution < 1.29 is 36.0 Å². The average Bonchev–Trinajstić information content (AvgIpc) is 2.29. The molecule has 1 rings (SSSR count). The summed E-state index contributed by atoms with van der Waals surface area (Å²) in [6.07, 6.45) is 0. The fraction of sp³-hybridized carbons (Fsp3) is 0. The van der Waals surface area contributed by atoms with E-state index in [4.69, 9.17) is 10.5 Å². The van der Waals surface area contributed by atoms with Gasteiger partial charge < -0.3 is 0 Å². The molecule has 0 unspecified atom stereocenters. The molecule has 0 fully saturated rings. The van der Waals surface area contributed by atoms with E-state index >= 15 is 0 Å². The monoisotopic (exact) mass is 316 g/mol. The predicted octanol–water partition coefficient (Wildman–Crippen LogP) is -0.718. The van der Waals surface area contributed by atoms with Crippen molar-refractivity contribution in [1.29, 1.82) is 0 Å². The summed E-state index contributed by atoms with van der Waals surface area (Å²) in [4.78, 5) is -1.71. The largest absolute Gasteiger partial charge is 0.324 e. The van der Waals surface area contributed by atoms with E-state index in [2.05, 4.69) is 8.67 Å². The summed E-state index contributed by atoms with van der Waals surface area (Å²) in [5.41, 5.74) is 0. The van der Waals surface area contributed by atoms with E-state index in [1.54, 1.807) is 0 Å². The van der Waals surface area contributed by atoms with Crippen LogP contribution in [0.3, 0.4) is 0 Å². The zero-order valence-corrected chi connectivity index (χ0v) is 15.1. The maximum Gasteiger partial charge on any atom is 0.324 e. The van der Waals surface area contributed by atoms with E-state index in [9.17, 15) is 16.8 Å². The molecule has 0 aliphatic heterocycles. The maximum atomic E-state index is 11.1. The molecule has 0 aliphatic rings. The predicted molar refractivity (Wildman–Crippen MR) is 59.7 cm³/mol. The Bertz CT molecular complexity index is 528. The normalized spacial score (nSPS) is 11.2. The Morgan fingerprint density at radius 3 is 1.28 bits per heavy atom. The fourth-order valence-corrected chi connectivity index (χ4v) is 2.84. The van der Waals surface area contributed by atoms with Gasteiger partial charge in [0, 0.05) is 59.1 Å². The van der Waals surface area contributed by atoms with Crippen LogP contribution in [0, 0.1) is 0 Å². The SMILES string of the molecule is O=S(=O)(OO)c1ccccc1S(=O)(=O)OO.[Na].[Na]. The zero-order valence-electron chi connectivity index (χ0n) is 9.47. The minimum absolute atomic E-state index is 0. The Morgan fingerprint density at radius 1 is 0.778 bits per heavy atom. The molecule has 0 aromatic heterocycles. The summed E-state index contributed by atoms with van der Waals surface area (Å²) in [6, 6.07) is 4.11. The van der Waals surface area contributed by atoms with Crippen LogP contribution in [-0.2, 0) is 28.9 Å². The average molecular weight is 316 g/mol. The van der Waals surface area contributed by atoms with E-state index in [-0.39, 0.29) is 59.1 Å². The molecule has 92 valence electrons. The molecule has 0 atom stereocenters. The number of benzene rings is 1. The van der Waals surface area contributed by atoms with Crippen LogP contribution >= 0.6 is 0 Å². The van der Waals surface area contributed by atoms with Gasteiger partial charge in [0.15, 0.2) is 0 Å². The van der Waals surface area contributed by atoms with Crippen molar-refractivity contribution in [2.45, 2.75) is 9.79 Å². The van der Waals surface area contributed by atoms with Crippen molar-refractivity contribution >= 4 is 79.4 Å². The molecule has 0 aliphatic carbocycles. The summed E-state index contributed by atoms with van der Waals surface area (Å²) in [5.74, 6) is 0. The standard InChI is InChI=1S/C6H6O8S2.2Na/c7-13-15(9,10)5-3-1-2-4-6(5)16(11,12)14-8;;/h1-4,7-8H;;. The second-order valence-corrected chi connectivity index (χ2v) is 5.50. The maximum absolute atomic E-state index is 11.1. The zero-order chi connectivity index (χ0) is 12.4. The third-order valence-corrected chi connectivity index (χ3v) is 3.90. The minimum Gasteiger partial charge on any atom is -0.235 e. The van der Waals surface area contributed by atoms with Crippen molar-refractivity contribution in [2.24, 2.45) is 0 Å². The van der Waals surface area contributed by atoms with Crippen LogP contribution in [0.1, 0.15) is 0 Å². The first kappa shape index (κ1) is 21.3. The van der Waals surface area contributed by atoms with Gasteiger partial charge in [0.05, 0.1) is 0 Å². The van der Waals surface area contributed by atoms with Crippen molar-refractivity contribution in [3.05, 3.63) is 24.3 Å². The smallest absolute Gasteiger partial charge is 0.235 e. The molecule has 1 aromatic carbocycles. The first-order chi connectivity index (χ1) is 7.35. The third kappa shape index (κ3) is 4.81. The van der Waals surface area contributed by atoms with Crippen molar-refractivity contribution in [3.8, 4) is 0 Å². The summed E-state index contributed by atoms with van der Waals surface area (Å²) in [7, 11) is -9.27. The van der Waals surface area contributed by atoms with Crippen LogP contribution in [0.15, 0.2) is 34.1 Å². The summed E-state index contributed by atoms with van der Waals surface area (Å²) in [5, 5.41) is 16.2. The van der Waals surface area contributed by atoms with Crippen LogP contribution in [0.2, 0.25) is 0 Å². The Morgan fingerprint density at radius 2 is 1.06 bits per heavy atom. The van der Waals surface area contributed by atoms with E-state index in [0.717, 1.165) is 12.1 Å². The van der Waals surface area contributed by atoms with Gasteiger partial charge in [0.1, 0.15) is 9.79 Å². The molecular weight excluding hydrogens is 310 g/mol. The van der Waals surface area contributed by atoms with Crippen LogP contribution in [-0.4, -0.2) is 86.5 Å². The molecule has 0 heterocycles. The Balaban J connectivity index is 0. The van der Waals surface area contributed by atoms with Gasteiger partial charge in [-0.05, 0) is 12.1 Å². The first-order valence-corrected chi connectivity index (χ1v) is 6.42. The van der Waals surface area contributed by atoms with Crippen LogP contribution in [0.25, 0.3) is 0 Å². The summed E-state index contributed by atoms with van der Waals surface area (Å²) >= 11 is 0. The molecule has 12 heteroatoms. The van der Waals surface area contributed by atoms with Crippen molar-refractivity contribution in [2.75, 3.05) is 0 Å². The molecule has 1 aromatic rings. The molecule has 0 amide bonds. The van der Waals surface area contributed by atoms with E-state index in [1.807, 2.05) is 0 Å². The molecule has 2 radical (unpaired) electrons. The second kappa shape index (κ2) is 8.29. The van der Waals surface area contributed by atoms with Crippen molar-refractivity contribution in [1.82, 2.24) is 0 Å². The van der Waals surface area contributed by atoms with Crippen LogP contribution in [0.5, 0.6) is 0 Å². The number of hydrogen-bond donors (Lipinski definition) is 2. The molecule has 0 saturated heterocycles. The molecule has 0 bridgehead atoms. The van der Waals surface area contributed by atoms with E-state index < -0.39 is 30.0 Å². The van der Waals surface area contributed by atoms with E-state index in [0.29, 0.717) is 0 Å². The van der Waals surface area contributed by atoms with Gasteiger partial charge in [-0.25, -0.2) is 10.5 Å². The minimum atomic E-state index is -4.64. The van der Waals surface area contributed by atoms with Crippen LogP contribution < -0.4 is 0 Å². The molecule has 2 N–H and O–H groups in total.